The number of aromatic nitrogens is 3. The van der Waals surface area contributed by atoms with Crippen LogP contribution in [0.4, 0.5) is 11.6 Å². The average Bonchev–Trinajstić information content (AvgIpc) is 2.94. The Kier molecular flexibility index (Phi) is 7.88. The van der Waals surface area contributed by atoms with Crippen molar-refractivity contribution in [3.63, 3.8) is 0 Å². The average molecular weight is 504 g/mol. The van der Waals surface area contributed by atoms with Gasteiger partial charge in [-0.3, -0.25) is 24.0 Å². The van der Waals surface area contributed by atoms with E-state index < -0.39 is 0 Å². The molecule has 3 aromatic rings. The van der Waals surface area contributed by atoms with Gasteiger partial charge in [0.25, 0.3) is 5.56 Å². The zero-order valence-electron chi connectivity index (χ0n) is 21.0. The highest BCUT2D eigenvalue weighted by molar-refractivity contribution is 5.87. The number of pyridine rings is 1. The van der Waals surface area contributed by atoms with E-state index in [1.807, 2.05) is 12.1 Å². The zero-order chi connectivity index (χ0) is 25.6. The Hall–Kier alpha value is -3.60. The van der Waals surface area contributed by atoms with Crippen molar-refractivity contribution < 1.29 is 9.53 Å². The molecule has 1 aromatic carbocycles. The Morgan fingerprint density at radius 2 is 1.73 bits per heavy atom. The molecule has 5 rings (SSSR count). The van der Waals surface area contributed by atoms with Crippen molar-refractivity contribution in [1.29, 1.82) is 0 Å². The number of ether oxygens (including phenoxy) is 1. The lowest BCUT2D eigenvalue weighted by atomic mass is 10.2. The topological polar surface area (TPSA) is 95.8 Å². The van der Waals surface area contributed by atoms with Gasteiger partial charge in [0.1, 0.15) is 5.65 Å². The summed E-state index contributed by atoms with van der Waals surface area (Å²) >= 11 is 0. The third kappa shape index (κ3) is 6.22. The summed E-state index contributed by atoms with van der Waals surface area (Å²) in [6.07, 6.45) is 3.10. The van der Waals surface area contributed by atoms with E-state index in [0.717, 1.165) is 57.0 Å². The first-order valence-electron chi connectivity index (χ1n) is 12.8. The Bertz CT molecular complexity index is 1290. The van der Waals surface area contributed by atoms with E-state index in [-0.39, 0.29) is 11.5 Å². The van der Waals surface area contributed by atoms with Crippen LogP contribution in [0.5, 0.6) is 0 Å². The maximum Gasteiger partial charge on any atom is 0.252 e. The molecule has 2 aromatic heterocycles. The van der Waals surface area contributed by atoms with Gasteiger partial charge >= 0.3 is 0 Å². The molecule has 2 fully saturated rings. The number of hydrogen-bond donors (Lipinski definition) is 1. The van der Waals surface area contributed by atoms with E-state index >= 15 is 0 Å². The molecule has 0 atom stereocenters. The number of nitrogens with one attached hydrogen (secondary N) is 1. The number of piperazine rings is 1. The summed E-state index contributed by atoms with van der Waals surface area (Å²) in [4.78, 5) is 40.2. The second-order valence-electron chi connectivity index (χ2n) is 9.38. The minimum atomic E-state index is -0.0925. The molecule has 4 heterocycles. The number of amides is 1. The molecular weight excluding hydrogens is 470 g/mol. The summed E-state index contributed by atoms with van der Waals surface area (Å²) in [6, 6.07) is 11.6. The van der Waals surface area contributed by atoms with Crippen LogP contribution in [0.3, 0.4) is 0 Å². The third-order valence-corrected chi connectivity index (χ3v) is 6.94. The van der Waals surface area contributed by atoms with Crippen molar-refractivity contribution in [3.8, 4) is 0 Å². The van der Waals surface area contributed by atoms with Gasteiger partial charge in [0.05, 0.1) is 13.2 Å². The fourth-order valence-corrected chi connectivity index (χ4v) is 4.75. The Morgan fingerprint density at radius 1 is 0.973 bits per heavy atom. The monoisotopic (exact) mass is 503 g/mol. The van der Waals surface area contributed by atoms with E-state index in [1.54, 1.807) is 27.8 Å². The largest absolute Gasteiger partial charge is 0.379 e. The summed E-state index contributed by atoms with van der Waals surface area (Å²) in [7, 11) is 0. The van der Waals surface area contributed by atoms with Gasteiger partial charge in [0.2, 0.25) is 11.9 Å². The van der Waals surface area contributed by atoms with Gasteiger partial charge in [0, 0.05) is 82.2 Å². The third-order valence-electron chi connectivity index (χ3n) is 6.94. The van der Waals surface area contributed by atoms with Gasteiger partial charge < -0.3 is 15.0 Å². The second-order valence-corrected chi connectivity index (χ2v) is 9.38. The lowest BCUT2D eigenvalue weighted by Gasteiger charge is -2.34. The lowest BCUT2D eigenvalue weighted by molar-refractivity contribution is -0.127. The first-order valence-corrected chi connectivity index (χ1v) is 12.8. The predicted octanol–water partition coefficient (Wildman–Crippen LogP) is 1.70. The molecule has 2 aliphatic heterocycles. The van der Waals surface area contributed by atoms with Crippen molar-refractivity contribution in [3.05, 3.63) is 71.2 Å². The minimum absolute atomic E-state index is 0.0339. The van der Waals surface area contributed by atoms with Crippen LogP contribution < -0.4 is 10.9 Å². The van der Waals surface area contributed by atoms with Crippen molar-refractivity contribution in [2.24, 2.45) is 0 Å². The molecular formula is C27H33N7O3. The maximum atomic E-state index is 12.7. The highest BCUT2D eigenvalue weighted by Gasteiger charge is 2.19. The van der Waals surface area contributed by atoms with Crippen LogP contribution in [0.15, 0.2) is 60.0 Å². The second kappa shape index (κ2) is 11.6. The number of rotatable bonds is 8. The van der Waals surface area contributed by atoms with Crippen LogP contribution in [0.2, 0.25) is 0 Å². The maximum absolute atomic E-state index is 12.7. The molecule has 10 nitrogen and oxygen atoms in total. The van der Waals surface area contributed by atoms with Gasteiger partial charge in [-0.1, -0.05) is 18.7 Å². The normalized spacial score (nSPS) is 17.1. The predicted molar refractivity (Wildman–Crippen MR) is 143 cm³/mol. The molecule has 0 aliphatic carbocycles. The molecule has 0 saturated carbocycles. The van der Waals surface area contributed by atoms with Crippen molar-refractivity contribution in [2.75, 3.05) is 64.3 Å². The quantitative estimate of drug-likeness (QED) is 0.464. The number of hydrogen-bond acceptors (Lipinski definition) is 8. The zero-order valence-corrected chi connectivity index (χ0v) is 21.0. The number of carbonyl (C=O) groups is 1. The van der Waals surface area contributed by atoms with E-state index in [1.165, 1.54) is 11.6 Å². The van der Waals surface area contributed by atoms with E-state index in [9.17, 15) is 9.59 Å². The molecule has 0 spiro atoms. The SMILES string of the molecule is C=CC(=O)N1CCN(CCn2c(=O)ccc3cnc(Nc4ccc(CN5CCOCC5)cc4)nc32)CC1. The molecule has 2 saturated heterocycles. The van der Waals surface area contributed by atoms with Gasteiger partial charge in [-0.05, 0) is 29.8 Å². The van der Waals surface area contributed by atoms with Gasteiger partial charge in [-0.25, -0.2) is 4.98 Å². The Labute approximate surface area is 216 Å². The molecule has 194 valence electrons. The summed E-state index contributed by atoms with van der Waals surface area (Å²) < 4.78 is 7.13. The van der Waals surface area contributed by atoms with Crippen LogP contribution in [0.25, 0.3) is 11.0 Å². The molecule has 0 radical (unpaired) electrons. The summed E-state index contributed by atoms with van der Waals surface area (Å²) in [5.41, 5.74) is 2.65. The van der Waals surface area contributed by atoms with Crippen LogP contribution in [-0.2, 0) is 22.6 Å². The summed E-state index contributed by atoms with van der Waals surface area (Å²) in [6.45, 7) is 12.0. The first kappa shape index (κ1) is 25.1. The van der Waals surface area contributed by atoms with Crippen LogP contribution in [0, 0.1) is 0 Å². The Morgan fingerprint density at radius 3 is 2.46 bits per heavy atom. The van der Waals surface area contributed by atoms with E-state index in [2.05, 4.69) is 38.8 Å². The van der Waals surface area contributed by atoms with Crippen LogP contribution >= 0.6 is 0 Å². The lowest BCUT2D eigenvalue weighted by Crippen LogP contribution is -2.49. The van der Waals surface area contributed by atoms with Gasteiger partial charge in [-0.15, -0.1) is 0 Å². The van der Waals surface area contributed by atoms with Crippen molar-refractivity contribution in [1.82, 2.24) is 29.2 Å². The van der Waals surface area contributed by atoms with Crippen LogP contribution in [-0.4, -0.2) is 94.2 Å². The van der Waals surface area contributed by atoms with Crippen LogP contribution in [0.1, 0.15) is 5.56 Å². The van der Waals surface area contributed by atoms with Gasteiger partial charge in [-0.2, -0.15) is 4.98 Å². The smallest absolute Gasteiger partial charge is 0.252 e. The Balaban J connectivity index is 1.24. The number of carbonyl (C=O) groups excluding carboxylic acids is 1. The summed E-state index contributed by atoms with van der Waals surface area (Å²) in [5, 5.41) is 4.09. The highest BCUT2D eigenvalue weighted by Crippen LogP contribution is 2.18. The first-order chi connectivity index (χ1) is 18.1. The van der Waals surface area contributed by atoms with E-state index in [4.69, 9.17) is 9.72 Å². The van der Waals surface area contributed by atoms with E-state index in [0.29, 0.717) is 37.8 Å². The molecule has 1 N–H and O–H groups in total. The molecule has 0 bridgehead atoms. The van der Waals surface area contributed by atoms with Crippen molar-refractivity contribution in [2.45, 2.75) is 13.1 Å². The number of nitrogens with zero attached hydrogens (tertiary/aromatic N) is 6. The minimum Gasteiger partial charge on any atom is -0.379 e. The molecule has 37 heavy (non-hydrogen) atoms. The number of benzene rings is 1. The molecule has 2 aliphatic rings. The van der Waals surface area contributed by atoms with Gasteiger partial charge in [0.15, 0.2) is 0 Å². The number of morpholine rings is 1. The fraction of sp³-hybridized carbons (Fsp3) is 0.407. The standard InChI is InChI=1S/C27H33N7O3/c1-2-24(35)33-12-9-31(10-13-33)11-14-34-25(36)8-5-22-19-28-27(30-26(22)34)29-23-6-3-21(4-7-23)20-32-15-17-37-18-16-32/h2-8,19H,1,9-18,20H2,(H,28,29,30). The molecule has 1 amide bonds. The number of fused-ring (bicyclic) bond motifs is 1. The number of anilines is 2. The van der Waals surface area contributed by atoms with Crippen molar-refractivity contribution >= 4 is 28.6 Å². The molecule has 0 unspecified atom stereocenters. The highest BCUT2D eigenvalue weighted by atomic mass is 16.5. The summed E-state index contributed by atoms with van der Waals surface area (Å²) in [5.74, 6) is 0.415. The molecule has 10 heteroatoms. The fourth-order valence-electron chi connectivity index (χ4n) is 4.75.